The minimum absolute atomic E-state index is 0.121. The van der Waals surface area contributed by atoms with Crippen molar-refractivity contribution >= 4 is 23.8 Å². The lowest BCUT2D eigenvalue weighted by Gasteiger charge is -2.27. The highest BCUT2D eigenvalue weighted by Gasteiger charge is 2.31. The zero-order valence-corrected chi connectivity index (χ0v) is 14.5. The quantitative estimate of drug-likeness (QED) is 0.770. The molecule has 1 aliphatic rings. The third-order valence-corrected chi connectivity index (χ3v) is 4.64. The van der Waals surface area contributed by atoms with Gasteiger partial charge >= 0.3 is 6.09 Å². The summed E-state index contributed by atoms with van der Waals surface area (Å²) < 4.78 is 5.33. The lowest BCUT2D eigenvalue weighted by atomic mass is 10.2. The molecule has 1 aromatic carbocycles. The maximum Gasteiger partial charge on any atom is 0.429 e. The van der Waals surface area contributed by atoms with Crippen molar-refractivity contribution in [3.63, 3.8) is 0 Å². The van der Waals surface area contributed by atoms with Gasteiger partial charge in [0, 0.05) is 19.3 Å². The maximum absolute atomic E-state index is 12.4. The summed E-state index contributed by atoms with van der Waals surface area (Å²) in [6.45, 7) is 1.22. The Labute approximate surface area is 150 Å². The molecule has 0 aliphatic carbocycles. The van der Waals surface area contributed by atoms with Crippen molar-refractivity contribution in [3.8, 4) is 0 Å². The molecular weight excluding hydrogens is 338 g/mol. The van der Waals surface area contributed by atoms with Crippen molar-refractivity contribution < 1.29 is 14.3 Å². The van der Waals surface area contributed by atoms with Gasteiger partial charge in [-0.1, -0.05) is 48.2 Å². The Morgan fingerprint density at radius 3 is 2.56 bits per heavy atom. The summed E-state index contributed by atoms with van der Waals surface area (Å²) in [4.78, 5) is 28.9. The number of rotatable bonds is 5. The Morgan fingerprint density at radius 1 is 1.04 bits per heavy atom. The van der Waals surface area contributed by atoms with Crippen molar-refractivity contribution in [2.24, 2.45) is 0 Å². The molecule has 7 heteroatoms. The molecule has 6 nitrogen and oxygen atoms in total. The van der Waals surface area contributed by atoms with Crippen molar-refractivity contribution in [2.75, 3.05) is 18.8 Å². The molecule has 2 aromatic rings. The highest BCUT2D eigenvalue weighted by atomic mass is 32.2. The summed E-state index contributed by atoms with van der Waals surface area (Å²) in [6.07, 6.45) is 1.95. The van der Waals surface area contributed by atoms with Crippen LogP contribution in [0.4, 0.5) is 4.79 Å². The SMILES string of the molecule is O=C(CSc1ccccn1)N1CCCN1C(=O)OCc1ccccc1. The fourth-order valence-corrected chi connectivity index (χ4v) is 3.23. The second-order valence-corrected chi connectivity index (χ2v) is 6.49. The molecule has 1 aliphatic heterocycles. The number of aromatic nitrogens is 1. The Morgan fingerprint density at radius 2 is 1.80 bits per heavy atom. The van der Waals surface area contributed by atoms with Crippen LogP contribution in [0.3, 0.4) is 0 Å². The van der Waals surface area contributed by atoms with E-state index in [0.717, 1.165) is 17.0 Å². The predicted molar refractivity (Wildman–Crippen MR) is 94.6 cm³/mol. The first-order chi connectivity index (χ1) is 12.2. The van der Waals surface area contributed by atoms with Gasteiger partial charge in [0.2, 0.25) is 0 Å². The smallest absolute Gasteiger partial charge is 0.429 e. The van der Waals surface area contributed by atoms with Gasteiger partial charge in [-0.25, -0.2) is 19.8 Å². The first kappa shape index (κ1) is 17.3. The number of ether oxygens (including phenoxy) is 1. The minimum Gasteiger partial charge on any atom is -0.443 e. The number of pyridine rings is 1. The summed E-state index contributed by atoms with van der Waals surface area (Å²) in [5.74, 6) is 0.115. The summed E-state index contributed by atoms with van der Waals surface area (Å²) in [5, 5.41) is 3.65. The second kappa shape index (κ2) is 8.53. The van der Waals surface area contributed by atoms with Crippen molar-refractivity contribution in [3.05, 3.63) is 60.3 Å². The molecule has 0 bridgehead atoms. The van der Waals surface area contributed by atoms with E-state index in [9.17, 15) is 9.59 Å². The van der Waals surface area contributed by atoms with Crippen LogP contribution in [0.15, 0.2) is 59.8 Å². The van der Waals surface area contributed by atoms with Crippen LogP contribution in [0, 0.1) is 0 Å². The predicted octanol–water partition coefficient (Wildman–Crippen LogP) is 2.96. The van der Waals surface area contributed by atoms with Crippen LogP contribution < -0.4 is 0 Å². The molecule has 2 heterocycles. The third kappa shape index (κ3) is 4.73. The summed E-state index contributed by atoms with van der Waals surface area (Å²) in [6, 6.07) is 15.0. The van der Waals surface area contributed by atoms with Crippen molar-refractivity contribution in [1.82, 2.24) is 15.0 Å². The number of carbonyl (C=O) groups is 2. The number of nitrogens with zero attached hydrogens (tertiary/aromatic N) is 3. The number of carbonyl (C=O) groups excluding carboxylic acids is 2. The number of hydrazine groups is 1. The molecule has 25 heavy (non-hydrogen) atoms. The largest absolute Gasteiger partial charge is 0.443 e. The fourth-order valence-electron chi connectivity index (χ4n) is 2.50. The molecule has 0 atom stereocenters. The molecule has 0 spiro atoms. The lowest BCUT2D eigenvalue weighted by Crippen LogP contribution is -2.45. The molecule has 0 radical (unpaired) electrons. The normalized spacial score (nSPS) is 13.8. The van der Waals surface area contributed by atoms with Crippen LogP contribution in [0.25, 0.3) is 0 Å². The maximum atomic E-state index is 12.4. The number of benzene rings is 1. The van der Waals surface area contributed by atoms with Crippen LogP contribution in [-0.2, 0) is 16.1 Å². The zero-order valence-electron chi connectivity index (χ0n) is 13.7. The average Bonchev–Trinajstić information content (AvgIpc) is 3.16. The van der Waals surface area contributed by atoms with E-state index in [2.05, 4.69) is 4.98 Å². The molecule has 130 valence electrons. The second-order valence-electron chi connectivity index (χ2n) is 5.49. The summed E-state index contributed by atoms with van der Waals surface area (Å²) >= 11 is 1.36. The van der Waals surface area contributed by atoms with Gasteiger partial charge in [0.15, 0.2) is 0 Å². The van der Waals surface area contributed by atoms with E-state index in [0.29, 0.717) is 13.1 Å². The van der Waals surface area contributed by atoms with Crippen LogP contribution in [-0.4, -0.2) is 45.8 Å². The van der Waals surface area contributed by atoms with E-state index in [1.807, 2.05) is 48.5 Å². The van der Waals surface area contributed by atoms with E-state index >= 15 is 0 Å². The van der Waals surface area contributed by atoms with E-state index < -0.39 is 6.09 Å². The van der Waals surface area contributed by atoms with Crippen molar-refractivity contribution in [1.29, 1.82) is 0 Å². The van der Waals surface area contributed by atoms with E-state index in [4.69, 9.17) is 4.74 Å². The Balaban J connectivity index is 1.52. The van der Waals surface area contributed by atoms with E-state index in [1.165, 1.54) is 21.8 Å². The molecule has 1 aromatic heterocycles. The first-order valence-corrected chi connectivity index (χ1v) is 9.05. The number of amides is 2. The Hall–Kier alpha value is -2.54. The lowest BCUT2D eigenvalue weighted by molar-refractivity contribution is -0.138. The molecule has 0 saturated carbocycles. The van der Waals surface area contributed by atoms with Crippen LogP contribution in [0.5, 0.6) is 0 Å². The third-order valence-electron chi connectivity index (χ3n) is 3.72. The van der Waals surface area contributed by atoms with Gasteiger partial charge in [-0.05, 0) is 24.1 Å². The van der Waals surface area contributed by atoms with Crippen LogP contribution >= 0.6 is 11.8 Å². The van der Waals surface area contributed by atoms with Crippen LogP contribution in [0.2, 0.25) is 0 Å². The summed E-state index contributed by atoms with van der Waals surface area (Å²) in [7, 11) is 0. The molecular formula is C18H19N3O3S. The number of hydrogen-bond donors (Lipinski definition) is 0. The fraction of sp³-hybridized carbons (Fsp3) is 0.278. The highest BCUT2D eigenvalue weighted by Crippen LogP contribution is 2.18. The van der Waals surface area contributed by atoms with Gasteiger partial charge in [0.25, 0.3) is 5.91 Å². The van der Waals surface area contributed by atoms with E-state index in [1.54, 1.807) is 6.20 Å². The minimum atomic E-state index is -0.488. The van der Waals surface area contributed by atoms with Crippen molar-refractivity contribution in [2.45, 2.75) is 18.1 Å². The van der Waals surface area contributed by atoms with Crippen LogP contribution in [0.1, 0.15) is 12.0 Å². The average molecular weight is 357 g/mol. The Bertz CT molecular complexity index is 651. The Kier molecular flexibility index (Phi) is 5.90. The van der Waals surface area contributed by atoms with Gasteiger partial charge in [-0.3, -0.25) is 4.79 Å². The summed E-state index contributed by atoms with van der Waals surface area (Å²) in [5.41, 5.74) is 0.915. The number of hydrogen-bond acceptors (Lipinski definition) is 5. The van der Waals surface area contributed by atoms with Gasteiger partial charge in [-0.2, -0.15) is 0 Å². The first-order valence-electron chi connectivity index (χ1n) is 8.06. The molecule has 1 saturated heterocycles. The van der Waals surface area contributed by atoms with E-state index in [-0.39, 0.29) is 18.3 Å². The van der Waals surface area contributed by atoms with Gasteiger partial charge < -0.3 is 4.74 Å². The molecule has 3 rings (SSSR count). The standard InChI is InChI=1S/C18H19N3O3S/c22-17(14-25-16-9-4-5-10-19-16)20-11-6-12-21(20)18(23)24-13-15-7-2-1-3-8-15/h1-5,7-10H,6,11-14H2. The highest BCUT2D eigenvalue weighted by molar-refractivity contribution is 7.99. The molecule has 1 fully saturated rings. The molecule has 0 unspecified atom stereocenters. The van der Waals surface area contributed by atoms with Gasteiger partial charge in [-0.15, -0.1) is 0 Å². The van der Waals surface area contributed by atoms with Gasteiger partial charge in [0.1, 0.15) is 6.61 Å². The molecule has 0 N–H and O–H groups in total. The monoisotopic (exact) mass is 357 g/mol. The molecule has 2 amide bonds. The topological polar surface area (TPSA) is 62.7 Å². The number of thioether (sulfide) groups is 1. The van der Waals surface area contributed by atoms with Gasteiger partial charge in [0.05, 0.1) is 10.8 Å². The zero-order chi connectivity index (χ0) is 17.5.